The number of hydrogen-bond acceptors (Lipinski definition) is 5. The molecular weight excluding hydrogens is 395 g/mol. The molecule has 0 saturated carbocycles. The van der Waals surface area contributed by atoms with Crippen LogP contribution in [0.2, 0.25) is 0 Å². The van der Waals surface area contributed by atoms with Crippen molar-refractivity contribution in [3.63, 3.8) is 0 Å². The standard InChI is InChI=1S/C20H19FN4O5/c1-20(10-9-13-5-3-2-4-6-13)18(27)24(19(28)23-20)12-17(26)22-14-7-8-15(21)16(11-14)25(29)30/h2-8,11H,9-10,12H2,1H3,(H,22,26)(H,23,28)/t20-/m1/s1. The van der Waals surface area contributed by atoms with Crippen LogP contribution >= 0.6 is 0 Å². The normalized spacial score (nSPS) is 18.3. The van der Waals surface area contributed by atoms with Gasteiger partial charge in [-0.1, -0.05) is 30.3 Å². The van der Waals surface area contributed by atoms with E-state index in [2.05, 4.69) is 10.6 Å². The molecule has 2 N–H and O–H groups in total. The highest BCUT2D eigenvalue weighted by molar-refractivity contribution is 6.09. The summed E-state index contributed by atoms with van der Waals surface area (Å²) in [6.45, 7) is 1.02. The third-order valence-electron chi connectivity index (χ3n) is 4.83. The quantitative estimate of drug-likeness (QED) is 0.410. The lowest BCUT2D eigenvalue weighted by molar-refractivity contribution is -0.387. The second-order valence-electron chi connectivity index (χ2n) is 7.11. The maximum atomic E-state index is 13.4. The smallest absolute Gasteiger partial charge is 0.324 e. The fourth-order valence-electron chi connectivity index (χ4n) is 3.17. The molecule has 1 saturated heterocycles. The summed E-state index contributed by atoms with van der Waals surface area (Å²) >= 11 is 0. The number of nitro groups is 1. The van der Waals surface area contributed by atoms with Crippen molar-refractivity contribution in [3.8, 4) is 0 Å². The Bertz CT molecular complexity index is 1010. The molecule has 1 aliphatic heterocycles. The number of carbonyl (C=O) groups is 3. The first-order chi connectivity index (χ1) is 14.2. The number of carbonyl (C=O) groups excluding carboxylic acids is 3. The monoisotopic (exact) mass is 414 g/mol. The van der Waals surface area contributed by atoms with E-state index in [1.54, 1.807) is 6.92 Å². The SMILES string of the molecule is C[C@]1(CCc2ccccc2)NC(=O)N(CC(=O)Nc2ccc(F)c([N+](=O)[O-])c2)C1=O. The van der Waals surface area contributed by atoms with Crippen LogP contribution in [0.5, 0.6) is 0 Å². The topological polar surface area (TPSA) is 122 Å². The highest BCUT2D eigenvalue weighted by Gasteiger charge is 2.47. The van der Waals surface area contributed by atoms with Crippen molar-refractivity contribution in [3.05, 3.63) is 70.0 Å². The lowest BCUT2D eigenvalue weighted by atomic mass is 9.93. The van der Waals surface area contributed by atoms with E-state index in [1.165, 1.54) is 0 Å². The molecule has 30 heavy (non-hydrogen) atoms. The number of hydrogen-bond donors (Lipinski definition) is 2. The van der Waals surface area contributed by atoms with Crippen molar-refractivity contribution >= 4 is 29.2 Å². The summed E-state index contributed by atoms with van der Waals surface area (Å²) in [6.07, 6.45) is 0.909. The fourth-order valence-corrected chi connectivity index (χ4v) is 3.17. The number of anilines is 1. The summed E-state index contributed by atoms with van der Waals surface area (Å²) < 4.78 is 13.4. The molecule has 0 spiro atoms. The zero-order valence-corrected chi connectivity index (χ0v) is 16.1. The molecule has 1 atom stereocenters. The molecule has 1 aliphatic rings. The number of urea groups is 1. The molecule has 2 aromatic carbocycles. The van der Waals surface area contributed by atoms with Gasteiger partial charge in [0, 0.05) is 11.8 Å². The Balaban J connectivity index is 1.64. The van der Waals surface area contributed by atoms with Gasteiger partial charge in [0.15, 0.2) is 0 Å². The molecule has 3 rings (SSSR count). The second-order valence-corrected chi connectivity index (χ2v) is 7.11. The summed E-state index contributed by atoms with van der Waals surface area (Å²) in [4.78, 5) is 48.0. The lowest BCUT2D eigenvalue weighted by Crippen LogP contribution is -2.45. The maximum Gasteiger partial charge on any atom is 0.325 e. The van der Waals surface area contributed by atoms with Gasteiger partial charge >= 0.3 is 11.7 Å². The Morgan fingerprint density at radius 3 is 2.60 bits per heavy atom. The Morgan fingerprint density at radius 2 is 1.93 bits per heavy atom. The first kappa shape index (κ1) is 20.9. The zero-order chi connectivity index (χ0) is 21.9. The van der Waals surface area contributed by atoms with Crippen LogP contribution in [0.1, 0.15) is 18.9 Å². The minimum Gasteiger partial charge on any atom is -0.324 e. The van der Waals surface area contributed by atoms with Crippen molar-refractivity contribution in [1.82, 2.24) is 10.2 Å². The van der Waals surface area contributed by atoms with E-state index in [1.807, 2.05) is 30.3 Å². The third-order valence-corrected chi connectivity index (χ3v) is 4.83. The number of nitro benzene ring substituents is 1. The number of amides is 4. The van der Waals surface area contributed by atoms with Gasteiger partial charge in [-0.25, -0.2) is 4.79 Å². The Kier molecular flexibility index (Phi) is 5.77. The number of imide groups is 1. The molecule has 0 unspecified atom stereocenters. The molecule has 156 valence electrons. The maximum absolute atomic E-state index is 13.4. The largest absolute Gasteiger partial charge is 0.325 e. The van der Waals surface area contributed by atoms with E-state index < -0.39 is 46.4 Å². The van der Waals surface area contributed by atoms with Gasteiger partial charge in [-0.3, -0.25) is 24.6 Å². The summed E-state index contributed by atoms with van der Waals surface area (Å²) in [5, 5.41) is 15.8. The Morgan fingerprint density at radius 1 is 1.23 bits per heavy atom. The molecule has 0 radical (unpaired) electrons. The summed E-state index contributed by atoms with van der Waals surface area (Å²) in [6, 6.07) is 11.6. The van der Waals surface area contributed by atoms with Crippen molar-refractivity contribution in [2.24, 2.45) is 0 Å². The number of aryl methyl sites for hydroxylation is 1. The zero-order valence-electron chi connectivity index (χ0n) is 16.1. The van der Waals surface area contributed by atoms with Crippen LogP contribution < -0.4 is 10.6 Å². The first-order valence-electron chi connectivity index (χ1n) is 9.11. The minimum atomic E-state index is -1.15. The number of halogens is 1. The van der Waals surface area contributed by atoms with Gasteiger partial charge in [0.05, 0.1) is 4.92 Å². The average molecular weight is 414 g/mol. The minimum absolute atomic E-state index is 0.0213. The van der Waals surface area contributed by atoms with Crippen LogP contribution in [0.4, 0.5) is 20.6 Å². The average Bonchev–Trinajstić information content (AvgIpc) is 2.92. The predicted octanol–water partition coefficient (Wildman–Crippen LogP) is 2.62. The highest BCUT2D eigenvalue weighted by atomic mass is 19.1. The Labute approximate surface area is 171 Å². The van der Waals surface area contributed by atoms with E-state index in [4.69, 9.17) is 0 Å². The van der Waals surface area contributed by atoms with Gasteiger partial charge in [-0.05, 0) is 37.5 Å². The molecular formula is C20H19FN4O5. The van der Waals surface area contributed by atoms with Crippen LogP contribution in [-0.2, 0) is 16.0 Å². The van der Waals surface area contributed by atoms with Crippen LogP contribution in [0.15, 0.2) is 48.5 Å². The molecule has 1 fully saturated rings. The van der Waals surface area contributed by atoms with Crippen molar-refractivity contribution in [1.29, 1.82) is 0 Å². The number of nitrogens with zero attached hydrogens (tertiary/aromatic N) is 2. The van der Waals surface area contributed by atoms with Gasteiger partial charge < -0.3 is 10.6 Å². The van der Waals surface area contributed by atoms with E-state index in [-0.39, 0.29) is 5.69 Å². The number of rotatable bonds is 7. The van der Waals surface area contributed by atoms with E-state index in [9.17, 15) is 28.9 Å². The van der Waals surface area contributed by atoms with Crippen LogP contribution in [0, 0.1) is 15.9 Å². The molecule has 4 amide bonds. The molecule has 0 aliphatic carbocycles. The van der Waals surface area contributed by atoms with Gasteiger partial charge in [0.25, 0.3) is 5.91 Å². The first-order valence-corrected chi connectivity index (χ1v) is 9.11. The number of benzene rings is 2. The van der Waals surface area contributed by atoms with Crippen LogP contribution in [0.3, 0.4) is 0 Å². The lowest BCUT2D eigenvalue weighted by Gasteiger charge is -2.21. The van der Waals surface area contributed by atoms with E-state index in [0.717, 1.165) is 28.7 Å². The van der Waals surface area contributed by atoms with Crippen molar-refractivity contribution in [2.45, 2.75) is 25.3 Å². The molecule has 0 bridgehead atoms. The van der Waals surface area contributed by atoms with Crippen LogP contribution in [0.25, 0.3) is 0 Å². The van der Waals surface area contributed by atoms with E-state index in [0.29, 0.717) is 12.8 Å². The van der Waals surface area contributed by atoms with Crippen molar-refractivity contribution in [2.75, 3.05) is 11.9 Å². The molecule has 1 heterocycles. The van der Waals surface area contributed by atoms with Gasteiger partial charge in [0.1, 0.15) is 12.1 Å². The summed E-state index contributed by atoms with van der Waals surface area (Å²) in [7, 11) is 0. The van der Waals surface area contributed by atoms with Gasteiger partial charge in [-0.15, -0.1) is 0 Å². The molecule has 2 aromatic rings. The highest BCUT2D eigenvalue weighted by Crippen LogP contribution is 2.24. The molecule has 0 aromatic heterocycles. The second kappa shape index (κ2) is 8.27. The fraction of sp³-hybridized carbons (Fsp3) is 0.250. The number of nitrogens with one attached hydrogen (secondary N) is 2. The summed E-state index contributed by atoms with van der Waals surface area (Å²) in [5.74, 6) is -2.32. The van der Waals surface area contributed by atoms with Gasteiger partial charge in [0.2, 0.25) is 11.7 Å². The Hall–Kier alpha value is -3.82. The van der Waals surface area contributed by atoms with Crippen LogP contribution in [-0.4, -0.2) is 39.8 Å². The van der Waals surface area contributed by atoms with E-state index >= 15 is 0 Å². The third kappa shape index (κ3) is 4.43. The summed E-state index contributed by atoms with van der Waals surface area (Å²) in [5.41, 5.74) is -0.958. The molecule has 10 heteroatoms. The van der Waals surface area contributed by atoms with Gasteiger partial charge in [-0.2, -0.15) is 4.39 Å². The van der Waals surface area contributed by atoms with Crippen molar-refractivity contribution < 1.29 is 23.7 Å². The predicted molar refractivity (Wildman–Crippen MR) is 105 cm³/mol. The molecule has 9 nitrogen and oxygen atoms in total.